The fourth-order valence-corrected chi connectivity index (χ4v) is 4.69. The lowest BCUT2D eigenvalue weighted by Gasteiger charge is -2.19. The number of fused-ring (bicyclic) bond motifs is 1. The first kappa shape index (κ1) is 24.1. The number of amides is 1. The van der Waals surface area contributed by atoms with Gasteiger partial charge in [0, 0.05) is 31.2 Å². The maximum atomic E-state index is 14.8. The first-order valence-electron chi connectivity index (χ1n) is 12.2. The molecule has 0 saturated carbocycles. The maximum Gasteiger partial charge on any atom is 0.270 e. The normalized spacial score (nSPS) is 18.3. The molecule has 1 N–H and O–H groups in total. The molecule has 0 aliphatic carbocycles. The number of pyridine rings is 1. The number of carbonyl (C=O) groups is 1. The summed E-state index contributed by atoms with van der Waals surface area (Å²) in [5.74, 6) is 5.17. The van der Waals surface area contributed by atoms with Gasteiger partial charge in [0.2, 0.25) is 0 Å². The van der Waals surface area contributed by atoms with E-state index in [2.05, 4.69) is 27.1 Å². The zero-order valence-corrected chi connectivity index (χ0v) is 20.4. The van der Waals surface area contributed by atoms with Crippen molar-refractivity contribution in [2.75, 3.05) is 13.2 Å². The monoisotopic (exact) mass is 490 g/mol. The average Bonchev–Trinajstić information content (AvgIpc) is 3.43. The van der Waals surface area contributed by atoms with E-state index in [0.717, 1.165) is 29.7 Å². The fraction of sp³-hybridized carbons (Fsp3) is 0.393. The molecule has 0 spiro atoms. The van der Waals surface area contributed by atoms with Gasteiger partial charge in [0.05, 0.1) is 35.9 Å². The van der Waals surface area contributed by atoms with Gasteiger partial charge < -0.3 is 14.6 Å². The van der Waals surface area contributed by atoms with Crippen molar-refractivity contribution < 1.29 is 18.3 Å². The van der Waals surface area contributed by atoms with Crippen LogP contribution in [0, 0.1) is 37.4 Å². The molecular weight excluding hydrogens is 462 g/mol. The standard InChI is InChI=1S/C28H28F2N4O2/c1-17-3-6-20(7-4-17)26(27-24-14-22(29)15-34(24)16-31-27)33-28(35)23-13-21(25(30)18(2)32-23)8-5-19-9-11-36-12-10-19/h3-4,6-7,13,16,19,22,26H,9-12,14-15H2,1-2H3,(H,33,35)/t22-,26?/m1/s1. The van der Waals surface area contributed by atoms with E-state index in [4.69, 9.17) is 4.74 Å². The summed E-state index contributed by atoms with van der Waals surface area (Å²) < 4.78 is 36.1. The van der Waals surface area contributed by atoms with Crippen molar-refractivity contribution in [1.29, 1.82) is 0 Å². The number of aromatic nitrogens is 3. The van der Waals surface area contributed by atoms with Crippen LogP contribution in [0.25, 0.3) is 0 Å². The third-order valence-electron chi connectivity index (χ3n) is 6.74. The molecule has 2 aliphatic rings. The van der Waals surface area contributed by atoms with Crippen LogP contribution in [0.15, 0.2) is 36.7 Å². The van der Waals surface area contributed by atoms with Gasteiger partial charge in [-0.05, 0) is 38.3 Å². The highest BCUT2D eigenvalue weighted by molar-refractivity contribution is 5.93. The Bertz CT molecular complexity index is 1330. The summed E-state index contributed by atoms with van der Waals surface area (Å²) >= 11 is 0. The van der Waals surface area contributed by atoms with E-state index in [-0.39, 0.29) is 35.8 Å². The summed E-state index contributed by atoms with van der Waals surface area (Å²) in [5.41, 5.74) is 3.58. The quantitative estimate of drug-likeness (QED) is 0.556. The van der Waals surface area contributed by atoms with Crippen LogP contribution in [0.4, 0.5) is 8.78 Å². The lowest BCUT2D eigenvalue weighted by atomic mass is 9.99. The predicted octanol–water partition coefficient (Wildman–Crippen LogP) is 4.23. The zero-order valence-electron chi connectivity index (χ0n) is 20.4. The molecular formula is C28H28F2N4O2. The summed E-state index contributed by atoms with van der Waals surface area (Å²) in [7, 11) is 0. The number of rotatable bonds is 4. The van der Waals surface area contributed by atoms with E-state index in [0.29, 0.717) is 18.9 Å². The second kappa shape index (κ2) is 10.2. The molecule has 1 aromatic carbocycles. The third kappa shape index (κ3) is 5.02. The second-order valence-electron chi connectivity index (χ2n) is 9.46. The maximum absolute atomic E-state index is 14.8. The molecule has 6 nitrogen and oxygen atoms in total. The minimum atomic E-state index is -0.977. The lowest BCUT2D eigenvalue weighted by molar-refractivity contribution is 0.0807. The van der Waals surface area contributed by atoms with Crippen LogP contribution in [0.2, 0.25) is 0 Å². The van der Waals surface area contributed by atoms with Gasteiger partial charge in [-0.3, -0.25) is 4.79 Å². The van der Waals surface area contributed by atoms with E-state index in [1.807, 2.05) is 31.2 Å². The highest BCUT2D eigenvalue weighted by Gasteiger charge is 2.30. The molecule has 36 heavy (non-hydrogen) atoms. The zero-order chi connectivity index (χ0) is 25.2. The van der Waals surface area contributed by atoms with Crippen molar-refractivity contribution in [3.05, 3.63) is 81.9 Å². The number of benzene rings is 1. The summed E-state index contributed by atoms with van der Waals surface area (Å²) in [6.45, 7) is 5.05. The molecule has 2 aliphatic heterocycles. The van der Waals surface area contributed by atoms with Gasteiger partial charge in [-0.1, -0.05) is 41.7 Å². The van der Waals surface area contributed by atoms with Gasteiger partial charge in [0.1, 0.15) is 11.9 Å². The minimum absolute atomic E-state index is 0.0708. The number of imidazole rings is 1. The number of hydrogen-bond donors (Lipinski definition) is 1. The van der Waals surface area contributed by atoms with Crippen molar-refractivity contribution in [1.82, 2.24) is 19.9 Å². The molecule has 1 fully saturated rings. The van der Waals surface area contributed by atoms with Gasteiger partial charge >= 0.3 is 0 Å². The Morgan fingerprint density at radius 2 is 1.97 bits per heavy atom. The van der Waals surface area contributed by atoms with Crippen molar-refractivity contribution in [3.8, 4) is 11.8 Å². The van der Waals surface area contributed by atoms with Crippen LogP contribution < -0.4 is 5.32 Å². The number of nitrogens with zero attached hydrogens (tertiary/aromatic N) is 3. The van der Waals surface area contributed by atoms with Crippen LogP contribution in [0.5, 0.6) is 0 Å². The highest BCUT2D eigenvalue weighted by atomic mass is 19.1. The summed E-state index contributed by atoms with van der Waals surface area (Å²) in [6, 6.07) is 8.53. The fourth-order valence-electron chi connectivity index (χ4n) is 4.69. The Balaban J connectivity index is 1.46. The van der Waals surface area contributed by atoms with Gasteiger partial charge in [0.15, 0.2) is 5.82 Å². The Labute approximate surface area is 209 Å². The molecule has 0 bridgehead atoms. The molecule has 2 atom stereocenters. The van der Waals surface area contributed by atoms with Gasteiger partial charge in [-0.15, -0.1) is 0 Å². The van der Waals surface area contributed by atoms with Gasteiger partial charge in [-0.25, -0.2) is 18.7 Å². The van der Waals surface area contributed by atoms with Crippen LogP contribution in [-0.2, 0) is 17.7 Å². The lowest BCUT2D eigenvalue weighted by Crippen LogP contribution is -2.31. The first-order chi connectivity index (χ1) is 17.4. The average molecular weight is 491 g/mol. The van der Waals surface area contributed by atoms with E-state index in [9.17, 15) is 13.6 Å². The van der Waals surface area contributed by atoms with Crippen LogP contribution in [0.1, 0.15) is 63.1 Å². The van der Waals surface area contributed by atoms with E-state index < -0.39 is 23.9 Å². The molecule has 5 rings (SSSR count). The number of ether oxygens (including phenoxy) is 1. The van der Waals surface area contributed by atoms with E-state index >= 15 is 0 Å². The van der Waals surface area contributed by atoms with E-state index in [1.54, 1.807) is 10.9 Å². The van der Waals surface area contributed by atoms with E-state index in [1.165, 1.54) is 13.0 Å². The van der Waals surface area contributed by atoms with Crippen LogP contribution in [0.3, 0.4) is 0 Å². The number of alkyl halides is 1. The molecule has 8 heteroatoms. The number of hydrogen-bond acceptors (Lipinski definition) is 4. The van der Waals surface area contributed by atoms with Crippen molar-refractivity contribution in [2.24, 2.45) is 5.92 Å². The smallest absolute Gasteiger partial charge is 0.270 e. The molecule has 1 amide bonds. The van der Waals surface area contributed by atoms with Crippen molar-refractivity contribution in [2.45, 2.75) is 51.9 Å². The topological polar surface area (TPSA) is 69.0 Å². The van der Waals surface area contributed by atoms with Gasteiger partial charge in [-0.2, -0.15) is 0 Å². The molecule has 186 valence electrons. The predicted molar refractivity (Wildman–Crippen MR) is 131 cm³/mol. The molecule has 2 aromatic heterocycles. The van der Waals surface area contributed by atoms with Gasteiger partial charge in [0.25, 0.3) is 5.91 Å². The molecule has 1 saturated heterocycles. The number of aryl methyl sites for hydroxylation is 2. The van der Waals surface area contributed by atoms with Crippen molar-refractivity contribution >= 4 is 5.91 Å². The Morgan fingerprint density at radius 3 is 2.72 bits per heavy atom. The SMILES string of the molecule is Cc1ccc(C(NC(=O)c2cc(C#CC3CCOCC3)c(F)c(C)n2)c2ncn3c2C[C@@H](F)C3)cc1. The largest absolute Gasteiger partial charge is 0.381 e. The van der Waals surface area contributed by atoms with Crippen LogP contribution in [-0.4, -0.2) is 39.8 Å². The molecule has 0 radical (unpaired) electrons. The Hall–Kier alpha value is -3.57. The number of nitrogens with one attached hydrogen (secondary N) is 1. The number of halogens is 2. The molecule has 1 unspecified atom stereocenters. The molecule has 3 aromatic rings. The molecule has 4 heterocycles. The summed E-state index contributed by atoms with van der Waals surface area (Å²) in [5, 5.41) is 3.01. The first-order valence-corrected chi connectivity index (χ1v) is 12.2. The number of carbonyl (C=O) groups excluding carboxylic acids is 1. The third-order valence-corrected chi connectivity index (χ3v) is 6.74. The second-order valence-corrected chi connectivity index (χ2v) is 9.46. The van der Waals surface area contributed by atoms with Crippen LogP contribution >= 0.6 is 0 Å². The summed E-state index contributed by atoms with van der Waals surface area (Å²) in [6.07, 6.45) is 2.49. The minimum Gasteiger partial charge on any atom is -0.381 e. The highest BCUT2D eigenvalue weighted by Crippen LogP contribution is 2.30. The summed E-state index contributed by atoms with van der Waals surface area (Å²) in [4.78, 5) is 22.1. The Kier molecular flexibility index (Phi) is 6.84. The Morgan fingerprint density at radius 1 is 1.22 bits per heavy atom. The van der Waals surface area contributed by atoms with Crippen molar-refractivity contribution in [3.63, 3.8) is 0 Å².